The third-order valence-corrected chi connectivity index (χ3v) is 6.04. The molecule has 3 aromatic heterocycles. The van der Waals surface area contributed by atoms with Crippen molar-refractivity contribution in [3.05, 3.63) is 65.4 Å². The lowest BCUT2D eigenvalue weighted by Crippen LogP contribution is -2.04. The van der Waals surface area contributed by atoms with Gasteiger partial charge in [0.2, 0.25) is 0 Å². The molecule has 6 nitrogen and oxygen atoms in total. The number of methoxy groups -OCH3 is 1. The average Bonchev–Trinajstić information content (AvgIpc) is 3.34. The Balaban J connectivity index is 1.57. The molecule has 0 aliphatic rings. The first-order valence-electron chi connectivity index (χ1n) is 8.60. The van der Waals surface area contributed by atoms with Crippen LogP contribution < -0.4 is 4.74 Å². The summed E-state index contributed by atoms with van der Waals surface area (Å²) in [5.41, 5.74) is 4.90. The van der Waals surface area contributed by atoms with Gasteiger partial charge in [-0.1, -0.05) is 11.6 Å². The molecular formula is C20H15ClN4O2S. The Morgan fingerprint density at radius 3 is 2.86 bits per heavy atom. The minimum Gasteiger partial charge on any atom is -0.497 e. The molecule has 28 heavy (non-hydrogen) atoms. The minimum absolute atomic E-state index is 0.243. The molecule has 0 saturated carbocycles. The number of nitrogens with zero attached hydrogens (tertiary/aromatic N) is 3. The zero-order valence-electron chi connectivity index (χ0n) is 14.8. The van der Waals surface area contributed by atoms with Crippen molar-refractivity contribution in [3.8, 4) is 5.75 Å². The first-order chi connectivity index (χ1) is 13.6. The van der Waals surface area contributed by atoms with E-state index < -0.39 is 10.8 Å². The number of H-pyrrole nitrogens is 1. The van der Waals surface area contributed by atoms with Gasteiger partial charge in [-0.25, -0.2) is 9.97 Å². The van der Waals surface area contributed by atoms with Crippen LogP contribution in [0.3, 0.4) is 0 Å². The molecule has 2 aromatic carbocycles. The van der Waals surface area contributed by atoms with Crippen LogP contribution in [0.25, 0.3) is 27.6 Å². The highest BCUT2D eigenvalue weighted by atomic mass is 35.5. The number of ether oxygens (including phenoxy) is 1. The van der Waals surface area contributed by atoms with Crippen molar-refractivity contribution in [2.24, 2.45) is 0 Å². The molecule has 0 spiro atoms. The highest BCUT2D eigenvalue weighted by Gasteiger charge is 2.16. The van der Waals surface area contributed by atoms with Gasteiger partial charge < -0.3 is 14.1 Å². The van der Waals surface area contributed by atoms with E-state index in [1.807, 2.05) is 59.1 Å². The summed E-state index contributed by atoms with van der Waals surface area (Å²) >= 11 is 6.13. The van der Waals surface area contributed by atoms with Gasteiger partial charge in [0.1, 0.15) is 5.75 Å². The smallest absolute Gasteiger partial charge is 0.197 e. The second-order valence-corrected chi connectivity index (χ2v) is 8.17. The fourth-order valence-corrected chi connectivity index (χ4v) is 4.51. The van der Waals surface area contributed by atoms with Gasteiger partial charge in [0.15, 0.2) is 5.16 Å². The van der Waals surface area contributed by atoms with Crippen LogP contribution in [0, 0.1) is 0 Å². The number of aromatic nitrogens is 4. The third-order valence-electron chi connectivity index (χ3n) is 4.65. The van der Waals surface area contributed by atoms with Gasteiger partial charge in [0.25, 0.3) is 0 Å². The molecule has 1 atom stereocenters. The zero-order chi connectivity index (χ0) is 19.3. The summed E-state index contributed by atoms with van der Waals surface area (Å²) in [6, 6.07) is 15.0. The largest absolute Gasteiger partial charge is 0.497 e. The van der Waals surface area contributed by atoms with Crippen LogP contribution in [0.15, 0.2) is 59.9 Å². The van der Waals surface area contributed by atoms with Crippen molar-refractivity contribution < 1.29 is 8.95 Å². The summed E-state index contributed by atoms with van der Waals surface area (Å²) in [4.78, 5) is 12.3. The second-order valence-electron chi connectivity index (χ2n) is 6.37. The Morgan fingerprint density at radius 1 is 1.11 bits per heavy atom. The number of rotatable bonds is 4. The Hall–Kier alpha value is -2.90. The third kappa shape index (κ3) is 2.83. The summed E-state index contributed by atoms with van der Waals surface area (Å²) in [6.07, 6.45) is 1.97. The summed E-state index contributed by atoms with van der Waals surface area (Å²) in [6.45, 7) is 0. The van der Waals surface area contributed by atoms with Crippen molar-refractivity contribution >= 4 is 50.0 Å². The first kappa shape index (κ1) is 17.2. The Kier molecular flexibility index (Phi) is 4.07. The standard InChI is InChI=1S/C20H15ClN4O2S/c1-27-13-5-6-14-15(10-13)24-20(23-14)28(26)11-17-18-3-2-8-25(18)19-7-4-12(21)9-16(19)22-17/h2-10H,11H2,1H3,(H,23,24). The van der Waals surface area contributed by atoms with E-state index in [1.54, 1.807) is 7.11 Å². The predicted molar refractivity (Wildman–Crippen MR) is 110 cm³/mol. The maximum absolute atomic E-state index is 13.0. The van der Waals surface area contributed by atoms with E-state index >= 15 is 0 Å². The van der Waals surface area contributed by atoms with Crippen LogP contribution in [-0.2, 0) is 16.6 Å². The van der Waals surface area contributed by atoms with Gasteiger partial charge >= 0.3 is 0 Å². The van der Waals surface area contributed by atoms with Gasteiger partial charge in [0, 0.05) is 17.3 Å². The van der Waals surface area contributed by atoms with Crippen molar-refractivity contribution in [1.29, 1.82) is 0 Å². The molecule has 0 bridgehead atoms. The van der Waals surface area contributed by atoms with Crippen LogP contribution in [0.2, 0.25) is 5.02 Å². The van der Waals surface area contributed by atoms with Gasteiger partial charge in [-0.2, -0.15) is 0 Å². The summed E-state index contributed by atoms with van der Waals surface area (Å²) in [7, 11) is 0.228. The van der Waals surface area contributed by atoms with E-state index in [4.69, 9.17) is 21.3 Å². The van der Waals surface area contributed by atoms with E-state index in [0.717, 1.165) is 39.0 Å². The molecule has 0 fully saturated rings. The predicted octanol–water partition coefficient (Wildman–Crippen LogP) is 4.33. The van der Waals surface area contributed by atoms with E-state index in [2.05, 4.69) is 9.97 Å². The fraction of sp³-hybridized carbons (Fsp3) is 0.100. The van der Waals surface area contributed by atoms with Crippen LogP contribution in [0.4, 0.5) is 0 Å². The van der Waals surface area contributed by atoms with Crippen LogP contribution in [-0.4, -0.2) is 30.7 Å². The van der Waals surface area contributed by atoms with Crippen molar-refractivity contribution in [1.82, 2.24) is 19.4 Å². The van der Waals surface area contributed by atoms with Crippen molar-refractivity contribution in [2.75, 3.05) is 7.11 Å². The molecule has 1 unspecified atom stereocenters. The zero-order valence-corrected chi connectivity index (χ0v) is 16.4. The number of hydrogen-bond donors (Lipinski definition) is 1. The number of hydrogen-bond acceptors (Lipinski definition) is 4. The van der Waals surface area contributed by atoms with Gasteiger partial charge in [0.05, 0.1) is 56.9 Å². The number of halogens is 1. The van der Waals surface area contributed by atoms with E-state index in [0.29, 0.717) is 10.2 Å². The molecule has 0 saturated heterocycles. The fourth-order valence-electron chi connectivity index (χ4n) is 3.32. The molecular weight excluding hydrogens is 396 g/mol. The van der Waals surface area contributed by atoms with Crippen molar-refractivity contribution in [2.45, 2.75) is 10.9 Å². The number of benzene rings is 2. The quantitative estimate of drug-likeness (QED) is 0.478. The van der Waals surface area contributed by atoms with Crippen LogP contribution in [0.1, 0.15) is 5.69 Å². The molecule has 5 rings (SSSR count). The molecule has 0 amide bonds. The molecule has 0 aliphatic heterocycles. The van der Waals surface area contributed by atoms with Gasteiger partial charge in [-0.05, 0) is 42.5 Å². The van der Waals surface area contributed by atoms with E-state index in [1.165, 1.54) is 0 Å². The van der Waals surface area contributed by atoms with Crippen LogP contribution >= 0.6 is 11.6 Å². The van der Waals surface area contributed by atoms with Gasteiger partial charge in [-0.15, -0.1) is 0 Å². The molecule has 1 N–H and O–H groups in total. The highest BCUT2D eigenvalue weighted by molar-refractivity contribution is 7.84. The molecule has 0 aliphatic carbocycles. The molecule has 140 valence electrons. The average molecular weight is 411 g/mol. The molecule has 3 heterocycles. The SMILES string of the molecule is COc1ccc2nc(S(=O)Cc3nc4cc(Cl)ccc4n4cccc34)[nH]c2c1. The van der Waals surface area contributed by atoms with E-state index in [-0.39, 0.29) is 5.75 Å². The normalized spacial score (nSPS) is 12.8. The summed E-state index contributed by atoms with van der Waals surface area (Å²) in [5, 5.41) is 1.03. The molecule has 8 heteroatoms. The maximum atomic E-state index is 13.0. The number of fused-ring (bicyclic) bond motifs is 4. The number of nitrogens with one attached hydrogen (secondary N) is 1. The topological polar surface area (TPSA) is 72.3 Å². The van der Waals surface area contributed by atoms with E-state index in [9.17, 15) is 4.21 Å². The number of imidazole rings is 1. The highest BCUT2D eigenvalue weighted by Crippen LogP contribution is 2.25. The Morgan fingerprint density at radius 2 is 2.00 bits per heavy atom. The summed E-state index contributed by atoms with van der Waals surface area (Å²) in [5.74, 6) is 0.962. The Bertz CT molecular complexity index is 1380. The lowest BCUT2D eigenvalue weighted by molar-refractivity contribution is 0.415. The molecule has 0 radical (unpaired) electrons. The lowest BCUT2D eigenvalue weighted by Gasteiger charge is -2.08. The Labute approximate surface area is 167 Å². The monoisotopic (exact) mass is 410 g/mol. The van der Waals surface area contributed by atoms with Crippen molar-refractivity contribution in [3.63, 3.8) is 0 Å². The second kappa shape index (κ2) is 6.61. The maximum Gasteiger partial charge on any atom is 0.197 e. The number of aromatic amines is 1. The van der Waals surface area contributed by atoms with Crippen LogP contribution in [0.5, 0.6) is 5.75 Å². The van der Waals surface area contributed by atoms with Gasteiger partial charge in [-0.3, -0.25) is 4.21 Å². The summed E-state index contributed by atoms with van der Waals surface area (Å²) < 4.78 is 20.3. The molecule has 5 aromatic rings. The minimum atomic E-state index is -1.38. The first-order valence-corrected chi connectivity index (χ1v) is 10.3. The lowest BCUT2D eigenvalue weighted by atomic mass is 10.2.